The van der Waals surface area contributed by atoms with Gasteiger partial charge in [0.25, 0.3) is 10.2 Å². The Hall–Kier alpha value is -1.31. The molecule has 1 saturated heterocycles. The third-order valence-electron chi connectivity index (χ3n) is 4.39. The van der Waals surface area contributed by atoms with E-state index in [1.54, 1.807) is 31.6 Å². The van der Waals surface area contributed by atoms with Crippen LogP contribution in [0.5, 0.6) is 11.5 Å². The van der Waals surface area contributed by atoms with Gasteiger partial charge in [-0.1, -0.05) is 6.07 Å². The predicted molar refractivity (Wildman–Crippen MR) is 90.0 cm³/mol. The van der Waals surface area contributed by atoms with Crippen LogP contribution in [0, 0.1) is 0 Å². The maximum absolute atomic E-state index is 12.9. The molecule has 23 heavy (non-hydrogen) atoms. The zero-order valence-electron chi connectivity index (χ0n) is 14.4. The lowest BCUT2D eigenvalue weighted by molar-refractivity contribution is 0.318. The zero-order valence-corrected chi connectivity index (χ0v) is 15.3. The Morgan fingerprint density at radius 2 is 1.96 bits per heavy atom. The molecule has 1 fully saturated rings. The molecule has 6 nitrogen and oxygen atoms in total. The summed E-state index contributed by atoms with van der Waals surface area (Å²) in [6.45, 7) is 4.27. The number of methoxy groups -OCH3 is 2. The Morgan fingerprint density at radius 1 is 1.26 bits per heavy atom. The van der Waals surface area contributed by atoms with Gasteiger partial charge in [-0.25, -0.2) is 0 Å². The monoisotopic (exact) mass is 342 g/mol. The van der Waals surface area contributed by atoms with Crippen LogP contribution in [0.1, 0.15) is 38.3 Å². The van der Waals surface area contributed by atoms with Gasteiger partial charge in [-0.2, -0.15) is 17.0 Å². The molecule has 0 radical (unpaired) electrons. The summed E-state index contributed by atoms with van der Waals surface area (Å²) in [5.41, 5.74) is 0.881. The highest BCUT2D eigenvalue weighted by Crippen LogP contribution is 2.40. The molecule has 0 aromatic heterocycles. The van der Waals surface area contributed by atoms with E-state index in [0.29, 0.717) is 18.0 Å². The molecule has 0 amide bonds. The van der Waals surface area contributed by atoms with Crippen molar-refractivity contribution in [3.8, 4) is 11.5 Å². The number of nitrogens with zero attached hydrogens (tertiary/aromatic N) is 2. The van der Waals surface area contributed by atoms with E-state index in [4.69, 9.17) is 9.47 Å². The van der Waals surface area contributed by atoms with Gasteiger partial charge < -0.3 is 9.47 Å². The van der Waals surface area contributed by atoms with Crippen LogP contribution in [0.3, 0.4) is 0 Å². The second-order valence-electron chi connectivity index (χ2n) is 5.99. The minimum atomic E-state index is -3.50. The summed E-state index contributed by atoms with van der Waals surface area (Å²) in [6.07, 6.45) is 1.62. The first-order valence-corrected chi connectivity index (χ1v) is 9.19. The Balaban J connectivity index is 2.40. The maximum atomic E-state index is 12.9. The standard InChI is InChI=1S/C16H26N2O4S/c1-12(2)17(3)23(19,20)18-10-6-7-15(18)14-9-8-13(21-4)11-16(14)22-5/h8-9,11-12,15H,6-7,10H2,1-5H3/t15-/m1/s1. The normalized spacial score (nSPS) is 19.5. The molecule has 130 valence electrons. The molecule has 0 unspecified atom stereocenters. The van der Waals surface area contributed by atoms with Gasteiger partial charge in [0.2, 0.25) is 0 Å². The number of ether oxygens (including phenoxy) is 2. The summed E-state index contributed by atoms with van der Waals surface area (Å²) in [5.74, 6) is 1.35. The van der Waals surface area contributed by atoms with Crippen molar-refractivity contribution < 1.29 is 17.9 Å². The van der Waals surface area contributed by atoms with Gasteiger partial charge in [-0.05, 0) is 32.8 Å². The Labute approximate surface area is 139 Å². The van der Waals surface area contributed by atoms with Crippen molar-refractivity contribution in [1.29, 1.82) is 0 Å². The first kappa shape index (κ1) is 18.0. The minimum absolute atomic E-state index is 0.0842. The second kappa shape index (κ2) is 7.07. The van der Waals surface area contributed by atoms with Crippen LogP contribution in [0.25, 0.3) is 0 Å². The van der Waals surface area contributed by atoms with E-state index in [9.17, 15) is 8.42 Å². The fourth-order valence-electron chi connectivity index (χ4n) is 2.85. The number of hydrogen-bond donors (Lipinski definition) is 0. The van der Waals surface area contributed by atoms with Crippen molar-refractivity contribution in [3.05, 3.63) is 23.8 Å². The third-order valence-corrected chi connectivity index (χ3v) is 6.57. The largest absolute Gasteiger partial charge is 0.497 e. The average molecular weight is 342 g/mol. The van der Waals surface area contributed by atoms with Crippen molar-refractivity contribution in [3.63, 3.8) is 0 Å². The van der Waals surface area contributed by atoms with Gasteiger partial charge in [0, 0.05) is 31.3 Å². The molecule has 0 aliphatic carbocycles. The summed E-state index contributed by atoms with van der Waals surface area (Å²) in [6, 6.07) is 5.24. The van der Waals surface area contributed by atoms with Crippen molar-refractivity contribution in [1.82, 2.24) is 8.61 Å². The van der Waals surface area contributed by atoms with Crippen LogP contribution in [-0.4, -0.2) is 50.9 Å². The molecular weight excluding hydrogens is 316 g/mol. The molecule has 0 N–H and O–H groups in total. The van der Waals surface area contributed by atoms with Gasteiger partial charge in [0.1, 0.15) is 11.5 Å². The SMILES string of the molecule is COc1ccc([C@H]2CCCN2S(=O)(=O)N(C)C(C)C)c(OC)c1. The van der Waals surface area contributed by atoms with Crippen LogP contribution in [0.4, 0.5) is 0 Å². The molecule has 1 aliphatic rings. The van der Waals surface area contributed by atoms with Crippen molar-refractivity contribution in [2.45, 2.75) is 38.8 Å². The average Bonchev–Trinajstić information content (AvgIpc) is 3.03. The lowest BCUT2D eigenvalue weighted by Gasteiger charge is -2.31. The number of hydrogen-bond acceptors (Lipinski definition) is 4. The van der Waals surface area contributed by atoms with Gasteiger partial charge in [0.15, 0.2) is 0 Å². The first-order valence-electron chi connectivity index (χ1n) is 7.79. The van der Waals surface area contributed by atoms with Crippen LogP contribution in [0.2, 0.25) is 0 Å². The highest BCUT2D eigenvalue weighted by Gasteiger charge is 2.39. The van der Waals surface area contributed by atoms with Crippen molar-refractivity contribution >= 4 is 10.2 Å². The molecule has 2 rings (SSSR count). The van der Waals surface area contributed by atoms with E-state index in [-0.39, 0.29) is 12.1 Å². The second-order valence-corrected chi connectivity index (χ2v) is 7.94. The molecule has 7 heteroatoms. The number of rotatable bonds is 6. The topological polar surface area (TPSA) is 59.1 Å². The molecule has 1 aromatic rings. The maximum Gasteiger partial charge on any atom is 0.282 e. The summed E-state index contributed by atoms with van der Waals surface area (Å²) in [4.78, 5) is 0. The van der Waals surface area contributed by atoms with E-state index in [2.05, 4.69) is 0 Å². The fraction of sp³-hybridized carbons (Fsp3) is 0.625. The zero-order chi connectivity index (χ0) is 17.2. The molecule has 0 spiro atoms. The predicted octanol–water partition coefficient (Wildman–Crippen LogP) is 2.43. The van der Waals surface area contributed by atoms with Crippen LogP contribution >= 0.6 is 0 Å². The Bertz CT molecular complexity index is 645. The van der Waals surface area contributed by atoms with E-state index < -0.39 is 10.2 Å². The lowest BCUT2D eigenvalue weighted by atomic mass is 10.0. The smallest absolute Gasteiger partial charge is 0.282 e. The van der Waals surface area contributed by atoms with E-state index in [1.807, 2.05) is 26.0 Å². The number of benzene rings is 1. The molecule has 1 atom stereocenters. The van der Waals surface area contributed by atoms with Crippen molar-refractivity contribution in [2.75, 3.05) is 27.8 Å². The third kappa shape index (κ3) is 3.46. The Kier molecular flexibility index (Phi) is 5.54. The molecule has 1 heterocycles. The van der Waals surface area contributed by atoms with Gasteiger partial charge in [0.05, 0.1) is 20.3 Å². The van der Waals surface area contributed by atoms with Crippen molar-refractivity contribution in [2.24, 2.45) is 0 Å². The minimum Gasteiger partial charge on any atom is -0.497 e. The summed E-state index contributed by atoms with van der Waals surface area (Å²) >= 11 is 0. The first-order chi connectivity index (χ1) is 10.8. The van der Waals surface area contributed by atoms with E-state index >= 15 is 0 Å². The highest BCUT2D eigenvalue weighted by atomic mass is 32.2. The van der Waals surface area contributed by atoms with E-state index in [0.717, 1.165) is 18.4 Å². The summed E-state index contributed by atoms with van der Waals surface area (Å²) < 4.78 is 39.4. The molecule has 1 aliphatic heterocycles. The molecule has 0 saturated carbocycles. The van der Waals surface area contributed by atoms with Gasteiger partial charge in [-0.15, -0.1) is 0 Å². The van der Waals surface area contributed by atoms with Gasteiger partial charge in [-0.3, -0.25) is 0 Å². The quantitative estimate of drug-likeness (QED) is 0.797. The van der Waals surface area contributed by atoms with Crippen LogP contribution < -0.4 is 9.47 Å². The fourth-order valence-corrected chi connectivity index (χ4v) is 4.62. The summed E-state index contributed by atoms with van der Waals surface area (Å²) in [5, 5.41) is 0. The lowest BCUT2D eigenvalue weighted by Crippen LogP contribution is -2.44. The van der Waals surface area contributed by atoms with Crippen LogP contribution in [0.15, 0.2) is 18.2 Å². The highest BCUT2D eigenvalue weighted by molar-refractivity contribution is 7.86. The molecular formula is C16H26N2O4S. The van der Waals surface area contributed by atoms with Crippen LogP contribution in [-0.2, 0) is 10.2 Å². The summed E-state index contributed by atoms with van der Waals surface area (Å²) in [7, 11) is 1.31. The van der Waals surface area contributed by atoms with E-state index in [1.165, 1.54) is 4.31 Å². The molecule has 1 aromatic carbocycles. The Morgan fingerprint density at radius 3 is 2.52 bits per heavy atom. The van der Waals surface area contributed by atoms with Gasteiger partial charge >= 0.3 is 0 Å². The molecule has 0 bridgehead atoms.